The minimum absolute atomic E-state index is 0.126. The summed E-state index contributed by atoms with van der Waals surface area (Å²) in [6.45, 7) is 1.12. The molecule has 0 unspecified atom stereocenters. The molecule has 1 amide bonds. The second-order valence-electron chi connectivity index (χ2n) is 4.74. The zero-order chi connectivity index (χ0) is 14.6. The van der Waals surface area contributed by atoms with Gasteiger partial charge in [0.1, 0.15) is 0 Å². The predicted molar refractivity (Wildman–Crippen MR) is 71.1 cm³/mol. The number of nitrogens with one attached hydrogen (secondary N) is 1. The van der Waals surface area contributed by atoms with Gasteiger partial charge >= 0.3 is 5.69 Å². The molecule has 1 aromatic heterocycles. The number of pyridine rings is 1. The minimum atomic E-state index is -0.746. The van der Waals surface area contributed by atoms with E-state index in [1.54, 1.807) is 0 Å². The van der Waals surface area contributed by atoms with E-state index in [1.807, 2.05) is 0 Å². The third-order valence-corrected chi connectivity index (χ3v) is 3.55. The molecular weight excluding hydrogens is 264 g/mol. The number of aromatic nitrogens is 1. The summed E-state index contributed by atoms with van der Waals surface area (Å²) in [6.07, 6.45) is 2.45. The van der Waals surface area contributed by atoms with Crippen LogP contribution in [0.5, 0.6) is 0 Å². The number of ether oxygens (including phenoxy) is 1. The number of anilines is 1. The van der Waals surface area contributed by atoms with Crippen LogP contribution in [0.25, 0.3) is 0 Å². The lowest BCUT2D eigenvalue weighted by molar-refractivity contribution is -0.384. The van der Waals surface area contributed by atoms with Gasteiger partial charge in [-0.1, -0.05) is 0 Å². The summed E-state index contributed by atoms with van der Waals surface area (Å²) in [4.78, 5) is 26.0. The molecule has 0 aromatic carbocycles. The Hall–Kier alpha value is -2.22. The van der Waals surface area contributed by atoms with Crippen LogP contribution >= 0.6 is 0 Å². The third kappa shape index (κ3) is 2.85. The van der Waals surface area contributed by atoms with Gasteiger partial charge in [-0.2, -0.15) is 0 Å². The number of primary amides is 1. The van der Waals surface area contributed by atoms with Crippen molar-refractivity contribution < 1.29 is 14.5 Å². The number of hydrogen-bond donors (Lipinski definition) is 2. The molecule has 2 rings (SSSR count). The lowest BCUT2D eigenvalue weighted by Gasteiger charge is -2.34. The topological polar surface area (TPSA) is 120 Å². The first-order valence-electron chi connectivity index (χ1n) is 6.26. The maximum atomic E-state index is 11.7. The van der Waals surface area contributed by atoms with Gasteiger partial charge in [0.25, 0.3) is 0 Å². The normalized spacial score (nSPS) is 17.4. The monoisotopic (exact) mass is 280 g/mol. The highest BCUT2D eigenvalue weighted by molar-refractivity contribution is 5.81. The molecule has 2 heterocycles. The van der Waals surface area contributed by atoms with Crippen LogP contribution < -0.4 is 11.1 Å². The lowest BCUT2D eigenvalue weighted by atomic mass is 9.79. The van der Waals surface area contributed by atoms with Crippen molar-refractivity contribution in [3.63, 3.8) is 0 Å². The van der Waals surface area contributed by atoms with Crippen molar-refractivity contribution in [2.45, 2.75) is 12.8 Å². The van der Waals surface area contributed by atoms with Crippen molar-refractivity contribution in [2.75, 3.05) is 25.1 Å². The largest absolute Gasteiger partial charge is 0.381 e. The molecule has 8 nitrogen and oxygen atoms in total. The summed E-state index contributed by atoms with van der Waals surface area (Å²) < 4.78 is 5.23. The zero-order valence-corrected chi connectivity index (χ0v) is 10.9. The molecule has 1 saturated heterocycles. The van der Waals surface area contributed by atoms with Crippen LogP contribution in [0.2, 0.25) is 0 Å². The molecule has 0 atom stereocenters. The van der Waals surface area contributed by atoms with Gasteiger partial charge in [-0.15, -0.1) is 0 Å². The Labute approximate surface area is 115 Å². The van der Waals surface area contributed by atoms with E-state index in [4.69, 9.17) is 10.5 Å². The van der Waals surface area contributed by atoms with Crippen LogP contribution in [0.4, 0.5) is 11.5 Å². The summed E-state index contributed by atoms with van der Waals surface area (Å²) >= 11 is 0. The van der Waals surface area contributed by atoms with Crippen molar-refractivity contribution in [2.24, 2.45) is 11.1 Å². The number of nitrogens with two attached hydrogens (primary N) is 1. The number of rotatable bonds is 5. The molecule has 1 aliphatic rings. The Balaban J connectivity index is 2.14. The summed E-state index contributed by atoms with van der Waals surface area (Å²) in [6, 6.07) is 2.85. The fourth-order valence-corrected chi connectivity index (χ4v) is 2.21. The Morgan fingerprint density at radius 1 is 1.55 bits per heavy atom. The van der Waals surface area contributed by atoms with Crippen LogP contribution in [-0.4, -0.2) is 35.6 Å². The van der Waals surface area contributed by atoms with Crippen molar-refractivity contribution >= 4 is 17.4 Å². The maximum Gasteiger partial charge on any atom is 0.311 e. The highest BCUT2D eigenvalue weighted by Crippen LogP contribution is 2.31. The summed E-state index contributed by atoms with van der Waals surface area (Å²) in [7, 11) is 0. The van der Waals surface area contributed by atoms with Crippen molar-refractivity contribution in [1.82, 2.24) is 4.98 Å². The first-order valence-corrected chi connectivity index (χ1v) is 6.26. The van der Waals surface area contributed by atoms with E-state index in [2.05, 4.69) is 10.3 Å². The van der Waals surface area contributed by atoms with Crippen LogP contribution in [0.15, 0.2) is 18.3 Å². The molecule has 108 valence electrons. The van der Waals surface area contributed by atoms with Crippen LogP contribution in [0, 0.1) is 15.5 Å². The fourth-order valence-electron chi connectivity index (χ4n) is 2.21. The highest BCUT2D eigenvalue weighted by atomic mass is 16.6. The number of amides is 1. The molecule has 0 saturated carbocycles. The van der Waals surface area contributed by atoms with Gasteiger partial charge in [-0.25, -0.2) is 4.98 Å². The molecule has 20 heavy (non-hydrogen) atoms. The SMILES string of the molecule is NC(=O)C1(CNc2ncccc2[N+](=O)[O-])CCOCC1. The first-order chi connectivity index (χ1) is 9.55. The number of carbonyl (C=O) groups is 1. The number of nitro groups is 1. The summed E-state index contributed by atoms with van der Waals surface area (Å²) in [5, 5.41) is 13.8. The van der Waals surface area contributed by atoms with Gasteiger partial charge in [0.15, 0.2) is 0 Å². The Bertz CT molecular complexity index is 514. The molecule has 0 aliphatic carbocycles. The molecule has 1 aromatic rings. The highest BCUT2D eigenvalue weighted by Gasteiger charge is 2.38. The maximum absolute atomic E-state index is 11.7. The van der Waals surface area contributed by atoms with E-state index in [-0.39, 0.29) is 18.1 Å². The second kappa shape index (κ2) is 5.83. The molecule has 1 aliphatic heterocycles. The van der Waals surface area contributed by atoms with E-state index >= 15 is 0 Å². The summed E-state index contributed by atoms with van der Waals surface area (Å²) in [5.41, 5.74) is 4.60. The molecular formula is C12H16N4O4. The van der Waals surface area contributed by atoms with E-state index in [9.17, 15) is 14.9 Å². The molecule has 0 spiro atoms. The first kappa shape index (κ1) is 14.2. The van der Waals surface area contributed by atoms with Gasteiger partial charge in [-0.3, -0.25) is 14.9 Å². The second-order valence-corrected chi connectivity index (χ2v) is 4.74. The van der Waals surface area contributed by atoms with E-state index in [0.717, 1.165) is 0 Å². The molecule has 3 N–H and O–H groups in total. The van der Waals surface area contributed by atoms with Gasteiger partial charge in [0.2, 0.25) is 11.7 Å². The third-order valence-electron chi connectivity index (χ3n) is 3.55. The van der Waals surface area contributed by atoms with Crippen molar-refractivity contribution in [3.05, 3.63) is 28.4 Å². The zero-order valence-electron chi connectivity index (χ0n) is 10.9. The number of nitrogens with zero attached hydrogens (tertiary/aromatic N) is 2. The fraction of sp³-hybridized carbons (Fsp3) is 0.500. The minimum Gasteiger partial charge on any atom is -0.381 e. The average molecular weight is 280 g/mol. The Morgan fingerprint density at radius 2 is 2.25 bits per heavy atom. The standard InChI is InChI=1S/C12H16N4O4/c13-11(17)12(3-6-20-7-4-12)8-15-10-9(16(18)19)2-1-5-14-10/h1-2,5H,3-4,6-8H2,(H2,13,17)(H,14,15). The smallest absolute Gasteiger partial charge is 0.311 e. The Morgan fingerprint density at radius 3 is 2.85 bits per heavy atom. The van der Waals surface area contributed by atoms with Crippen LogP contribution in [0.3, 0.4) is 0 Å². The van der Waals surface area contributed by atoms with Crippen LogP contribution in [-0.2, 0) is 9.53 Å². The molecule has 0 radical (unpaired) electrons. The predicted octanol–water partition coefficient (Wildman–Crippen LogP) is 0.684. The van der Waals surface area contributed by atoms with Crippen molar-refractivity contribution in [1.29, 1.82) is 0 Å². The van der Waals surface area contributed by atoms with Gasteiger partial charge in [0, 0.05) is 32.0 Å². The van der Waals surface area contributed by atoms with E-state index in [0.29, 0.717) is 26.1 Å². The van der Waals surface area contributed by atoms with E-state index in [1.165, 1.54) is 18.3 Å². The lowest BCUT2D eigenvalue weighted by Crippen LogP contribution is -2.46. The van der Waals surface area contributed by atoms with E-state index < -0.39 is 16.2 Å². The van der Waals surface area contributed by atoms with Crippen LogP contribution in [0.1, 0.15) is 12.8 Å². The molecule has 0 bridgehead atoms. The average Bonchev–Trinajstić information content (AvgIpc) is 2.46. The summed E-state index contributed by atoms with van der Waals surface area (Å²) in [5.74, 6) is -0.281. The van der Waals surface area contributed by atoms with Gasteiger partial charge in [-0.05, 0) is 18.9 Å². The Kier molecular flexibility index (Phi) is 4.14. The quantitative estimate of drug-likeness (QED) is 0.604. The van der Waals surface area contributed by atoms with Gasteiger partial charge in [0.05, 0.1) is 10.3 Å². The van der Waals surface area contributed by atoms with Gasteiger partial charge < -0.3 is 15.8 Å². The number of hydrogen-bond acceptors (Lipinski definition) is 6. The molecule has 8 heteroatoms. The van der Waals surface area contributed by atoms with Crippen molar-refractivity contribution in [3.8, 4) is 0 Å². The molecule has 1 fully saturated rings. The number of carbonyl (C=O) groups excluding carboxylic acids is 1.